The number of hydrogen-bond donors (Lipinski definition) is 1. The van der Waals surface area contributed by atoms with Crippen LogP contribution in [0.15, 0.2) is 18.5 Å². The molecule has 0 fully saturated rings. The predicted molar refractivity (Wildman–Crippen MR) is 66.7 cm³/mol. The molecule has 0 unspecified atom stereocenters. The molecule has 84 valence electrons. The van der Waals surface area contributed by atoms with Gasteiger partial charge in [0.05, 0.1) is 10.4 Å². The molecule has 0 atom stereocenters. The fraction of sp³-hybridized carbons (Fsp3) is 0.273. The topological polar surface area (TPSA) is 59.2 Å². The number of nitrogens with zero attached hydrogens (tertiary/aromatic N) is 2. The summed E-state index contributed by atoms with van der Waals surface area (Å²) in [5.74, 6) is -0.0267. The zero-order valence-corrected chi connectivity index (χ0v) is 10.0. The van der Waals surface area contributed by atoms with Crippen molar-refractivity contribution in [3.63, 3.8) is 0 Å². The van der Waals surface area contributed by atoms with Gasteiger partial charge in [-0.2, -0.15) is 0 Å². The Morgan fingerprint density at radius 2 is 2.38 bits per heavy atom. The molecule has 2 heterocycles. The number of amides is 1. The minimum atomic E-state index is -0.0267. The fourth-order valence-electron chi connectivity index (χ4n) is 1.45. The van der Waals surface area contributed by atoms with Gasteiger partial charge in [0.15, 0.2) is 0 Å². The van der Waals surface area contributed by atoms with Gasteiger partial charge in [0.2, 0.25) is 0 Å². The van der Waals surface area contributed by atoms with Crippen molar-refractivity contribution in [3.8, 4) is 0 Å². The van der Waals surface area contributed by atoms with Crippen LogP contribution in [0, 0.1) is 0 Å². The van der Waals surface area contributed by atoms with E-state index in [4.69, 9.17) is 5.73 Å². The highest BCUT2D eigenvalue weighted by Crippen LogP contribution is 2.33. The van der Waals surface area contributed by atoms with Crippen LogP contribution < -0.4 is 5.73 Å². The number of rotatable bonds is 2. The third kappa shape index (κ3) is 1.63. The number of pyridine rings is 1. The van der Waals surface area contributed by atoms with Crippen LogP contribution in [0.5, 0.6) is 0 Å². The number of carbonyl (C=O) groups excluding carboxylic acids is 1. The van der Waals surface area contributed by atoms with Crippen molar-refractivity contribution in [2.75, 3.05) is 19.3 Å². The van der Waals surface area contributed by atoms with Gasteiger partial charge in [0, 0.05) is 31.4 Å². The van der Waals surface area contributed by atoms with Crippen molar-refractivity contribution in [2.24, 2.45) is 0 Å². The summed E-state index contributed by atoms with van der Waals surface area (Å²) >= 11 is 1.40. The third-order valence-electron chi connectivity index (χ3n) is 2.55. The second-order valence-corrected chi connectivity index (χ2v) is 4.59. The number of aromatic nitrogens is 1. The molecular formula is C11H13N3OS. The second kappa shape index (κ2) is 4.09. The van der Waals surface area contributed by atoms with Crippen LogP contribution in [0.2, 0.25) is 0 Å². The average molecular weight is 235 g/mol. The molecule has 4 nitrogen and oxygen atoms in total. The van der Waals surface area contributed by atoms with Gasteiger partial charge in [0.1, 0.15) is 4.88 Å². The lowest BCUT2D eigenvalue weighted by molar-refractivity contribution is 0.0808. The van der Waals surface area contributed by atoms with Crippen molar-refractivity contribution in [3.05, 3.63) is 23.3 Å². The Hall–Kier alpha value is -1.62. The van der Waals surface area contributed by atoms with Gasteiger partial charge >= 0.3 is 0 Å². The van der Waals surface area contributed by atoms with Crippen LogP contribution in [0.3, 0.4) is 0 Å². The van der Waals surface area contributed by atoms with E-state index >= 15 is 0 Å². The number of nitrogens with two attached hydrogens (primary N) is 1. The maximum Gasteiger partial charge on any atom is 0.265 e. The van der Waals surface area contributed by atoms with Crippen LogP contribution in [0.25, 0.3) is 10.1 Å². The van der Waals surface area contributed by atoms with Crippen molar-refractivity contribution < 1.29 is 4.79 Å². The Labute approximate surface area is 97.7 Å². The van der Waals surface area contributed by atoms with E-state index in [1.54, 1.807) is 24.3 Å². The van der Waals surface area contributed by atoms with E-state index in [2.05, 4.69) is 4.98 Å². The Balaban J connectivity index is 2.53. The first-order valence-electron chi connectivity index (χ1n) is 5.02. The molecule has 0 aromatic carbocycles. The van der Waals surface area contributed by atoms with Gasteiger partial charge < -0.3 is 10.6 Å². The second-order valence-electron chi connectivity index (χ2n) is 3.54. The average Bonchev–Trinajstić information content (AvgIpc) is 2.65. The SMILES string of the molecule is CCN(C)C(=O)c1sc2cnccc2c1N. The minimum absolute atomic E-state index is 0.0267. The molecule has 2 N–H and O–H groups in total. The van der Waals surface area contributed by atoms with Gasteiger partial charge in [-0.15, -0.1) is 11.3 Å². The Morgan fingerprint density at radius 1 is 1.62 bits per heavy atom. The van der Waals surface area contributed by atoms with E-state index in [9.17, 15) is 4.79 Å². The molecule has 5 heteroatoms. The summed E-state index contributed by atoms with van der Waals surface area (Å²) < 4.78 is 0.952. The van der Waals surface area contributed by atoms with Gasteiger partial charge in [-0.05, 0) is 13.0 Å². The smallest absolute Gasteiger partial charge is 0.265 e. The molecule has 0 radical (unpaired) electrons. The molecule has 0 aliphatic rings. The quantitative estimate of drug-likeness (QED) is 0.865. The van der Waals surface area contributed by atoms with Crippen LogP contribution in [0.4, 0.5) is 5.69 Å². The number of thiophene rings is 1. The monoisotopic (exact) mass is 235 g/mol. The van der Waals surface area contributed by atoms with E-state index in [0.29, 0.717) is 17.1 Å². The van der Waals surface area contributed by atoms with Gasteiger partial charge in [-0.25, -0.2) is 0 Å². The largest absolute Gasteiger partial charge is 0.397 e. The Kier molecular flexibility index (Phi) is 2.78. The first-order valence-corrected chi connectivity index (χ1v) is 5.84. The van der Waals surface area contributed by atoms with Crippen LogP contribution in [-0.4, -0.2) is 29.4 Å². The highest BCUT2D eigenvalue weighted by molar-refractivity contribution is 7.21. The van der Waals surface area contributed by atoms with E-state index in [1.165, 1.54) is 11.3 Å². The van der Waals surface area contributed by atoms with Crippen molar-refractivity contribution in [1.29, 1.82) is 0 Å². The summed E-state index contributed by atoms with van der Waals surface area (Å²) in [6, 6.07) is 1.84. The molecule has 0 aliphatic heterocycles. The van der Waals surface area contributed by atoms with Crippen LogP contribution in [0.1, 0.15) is 16.6 Å². The molecule has 2 rings (SSSR count). The maximum absolute atomic E-state index is 12.0. The number of carbonyl (C=O) groups is 1. The maximum atomic E-state index is 12.0. The molecule has 1 amide bonds. The number of anilines is 1. The predicted octanol–water partition coefficient (Wildman–Crippen LogP) is 1.97. The summed E-state index contributed by atoms with van der Waals surface area (Å²) in [4.78, 5) is 18.3. The molecule has 0 spiro atoms. The number of hydrogen-bond acceptors (Lipinski definition) is 4. The highest BCUT2D eigenvalue weighted by atomic mass is 32.1. The number of fused-ring (bicyclic) bond motifs is 1. The van der Waals surface area contributed by atoms with Crippen molar-refractivity contribution >= 4 is 33.0 Å². The summed E-state index contributed by atoms with van der Waals surface area (Å²) in [5.41, 5.74) is 6.53. The first-order chi connectivity index (χ1) is 7.65. The Bertz CT molecular complexity index is 535. The number of nitrogen functional groups attached to an aromatic ring is 1. The zero-order valence-electron chi connectivity index (χ0n) is 9.23. The molecule has 0 saturated heterocycles. The molecule has 0 saturated carbocycles. The van der Waals surface area contributed by atoms with Gasteiger partial charge in [-0.1, -0.05) is 0 Å². The molecule has 0 bridgehead atoms. The van der Waals surface area contributed by atoms with E-state index in [1.807, 2.05) is 13.0 Å². The van der Waals surface area contributed by atoms with E-state index in [0.717, 1.165) is 10.1 Å². The normalized spacial score (nSPS) is 10.6. The lowest BCUT2D eigenvalue weighted by Gasteiger charge is -2.13. The standard InChI is InChI=1S/C11H13N3OS/c1-3-14(2)11(15)10-9(12)7-4-5-13-6-8(7)16-10/h4-6H,3,12H2,1-2H3. The Morgan fingerprint density at radius 3 is 3.00 bits per heavy atom. The highest BCUT2D eigenvalue weighted by Gasteiger charge is 2.18. The molecule has 0 aliphatic carbocycles. The van der Waals surface area contributed by atoms with Gasteiger partial charge in [0.25, 0.3) is 5.91 Å². The lowest BCUT2D eigenvalue weighted by Crippen LogP contribution is -2.25. The van der Waals surface area contributed by atoms with Crippen LogP contribution >= 0.6 is 11.3 Å². The third-order valence-corrected chi connectivity index (χ3v) is 3.69. The summed E-state index contributed by atoms with van der Waals surface area (Å²) in [7, 11) is 1.77. The van der Waals surface area contributed by atoms with Crippen LogP contribution in [-0.2, 0) is 0 Å². The fourth-order valence-corrected chi connectivity index (χ4v) is 2.53. The zero-order chi connectivity index (χ0) is 11.7. The van der Waals surface area contributed by atoms with Crippen molar-refractivity contribution in [2.45, 2.75) is 6.92 Å². The van der Waals surface area contributed by atoms with E-state index < -0.39 is 0 Å². The summed E-state index contributed by atoms with van der Waals surface area (Å²) in [5, 5.41) is 0.910. The minimum Gasteiger partial charge on any atom is -0.397 e. The molecule has 2 aromatic heterocycles. The molecular weight excluding hydrogens is 222 g/mol. The first kappa shape index (κ1) is 10.9. The van der Waals surface area contributed by atoms with E-state index in [-0.39, 0.29) is 5.91 Å². The molecule has 2 aromatic rings. The summed E-state index contributed by atoms with van der Waals surface area (Å²) in [6.07, 6.45) is 3.42. The van der Waals surface area contributed by atoms with Gasteiger partial charge in [-0.3, -0.25) is 9.78 Å². The lowest BCUT2D eigenvalue weighted by atomic mass is 10.2. The summed E-state index contributed by atoms with van der Waals surface area (Å²) in [6.45, 7) is 2.60. The molecule has 16 heavy (non-hydrogen) atoms. The van der Waals surface area contributed by atoms with Crippen molar-refractivity contribution in [1.82, 2.24) is 9.88 Å².